The maximum absolute atomic E-state index is 12.7. The molecule has 0 unspecified atom stereocenters. The smallest absolute Gasteiger partial charge is 0.269 e. The Morgan fingerprint density at radius 3 is 2.50 bits per heavy atom. The first kappa shape index (κ1) is 19.4. The minimum absolute atomic E-state index is 0.0135. The summed E-state index contributed by atoms with van der Waals surface area (Å²) in [4.78, 5) is 30.8. The zero-order valence-electron chi connectivity index (χ0n) is 15.5. The van der Waals surface area contributed by atoms with E-state index in [1.54, 1.807) is 60.7 Å². The number of aromatic amines is 1. The molecule has 0 saturated carbocycles. The summed E-state index contributed by atoms with van der Waals surface area (Å²) in [7, 11) is 0. The van der Waals surface area contributed by atoms with Gasteiger partial charge in [0.05, 0.1) is 21.7 Å². The fourth-order valence-corrected chi connectivity index (χ4v) is 3.09. The SMILES string of the molecule is O=C(NC(=Cc1ccc([N+](=O)[O-])cc1)c1nc2ccc(Cl)cc2[nH]1)c1ccccc1. The standard InChI is InChI=1S/C22H15ClN4O3/c23-16-8-11-18-19(13-16)25-21(24-18)20(26-22(28)15-4-2-1-3-5-15)12-14-6-9-17(10-7-14)27(29)30/h1-13H,(H,24,25)(H,26,28). The van der Waals surface area contributed by atoms with Gasteiger partial charge in [0.2, 0.25) is 0 Å². The number of H-pyrrole nitrogens is 1. The van der Waals surface area contributed by atoms with Gasteiger partial charge in [-0.1, -0.05) is 29.8 Å². The summed E-state index contributed by atoms with van der Waals surface area (Å²) in [6.07, 6.45) is 1.70. The van der Waals surface area contributed by atoms with Crippen LogP contribution in [-0.4, -0.2) is 20.8 Å². The molecule has 0 radical (unpaired) electrons. The average molecular weight is 419 g/mol. The lowest BCUT2D eigenvalue weighted by atomic mass is 10.1. The van der Waals surface area contributed by atoms with E-state index in [0.29, 0.717) is 33.2 Å². The minimum Gasteiger partial charge on any atom is -0.337 e. The fraction of sp³-hybridized carbons (Fsp3) is 0. The van der Waals surface area contributed by atoms with Gasteiger partial charge in [-0.05, 0) is 54.1 Å². The third-order valence-electron chi connectivity index (χ3n) is 4.40. The van der Waals surface area contributed by atoms with Crippen molar-refractivity contribution in [2.75, 3.05) is 0 Å². The molecule has 0 bridgehead atoms. The number of hydrogen-bond acceptors (Lipinski definition) is 4. The van der Waals surface area contributed by atoms with Crippen LogP contribution in [0.3, 0.4) is 0 Å². The molecule has 0 atom stereocenters. The number of benzene rings is 3. The van der Waals surface area contributed by atoms with E-state index in [1.807, 2.05) is 6.07 Å². The van der Waals surface area contributed by atoms with Crippen molar-refractivity contribution < 1.29 is 9.72 Å². The highest BCUT2D eigenvalue weighted by Gasteiger charge is 2.14. The van der Waals surface area contributed by atoms with Crippen LogP contribution < -0.4 is 5.32 Å². The molecule has 0 aliphatic carbocycles. The second-order valence-corrected chi connectivity index (χ2v) is 6.91. The third kappa shape index (κ3) is 4.21. The molecule has 4 aromatic rings. The van der Waals surface area contributed by atoms with Crippen molar-refractivity contribution in [2.24, 2.45) is 0 Å². The van der Waals surface area contributed by atoms with E-state index in [-0.39, 0.29) is 11.6 Å². The van der Waals surface area contributed by atoms with E-state index >= 15 is 0 Å². The Labute approximate surface area is 176 Å². The Balaban J connectivity index is 1.75. The van der Waals surface area contributed by atoms with Crippen LogP contribution >= 0.6 is 11.6 Å². The van der Waals surface area contributed by atoms with Gasteiger partial charge in [0.15, 0.2) is 5.82 Å². The second-order valence-electron chi connectivity index (χ2n) is 6.47. The number of imidazole rings is 1. The Kier molecular flexibility index (Phi) is 5.28. The Hall–Kier alpha value is -3.97. The predicted molar refractivity (Wildman–Crippen MR) is 116 cm³/mol. The van der Waals surface area contributed by atoms with Crippen LogP contribution in [0.25, 0.3) is 22.8 Å². The molecule has 0 fully saturated rings. The molecule has 3 aromatic carbocycles. The van der Waals surface area contributed by atoms with E-state index in [0.717, 1.165) is 5.52 Å². The van der Waals surface area contributed by atoms with Gasteiger partial charge in [0, 0.05) is 22.7 Å². The number of carbonyl (C=O) groups excluding carboxylic acids is 1. The van der Waals surface area contributed by atoms with Gasteiger partial charge in [0.25, 0.3) is 11.6 Å². The van der Waals surface area contributed by atoms with Gasteiger partial charge >= 0.3 is 0 Å². The van der Waals surface area contributed by atoms with Crippen LogP contribution in [0.15, 0.2) is 72.8 Å². The van der Waals surface area contributed by atoms with Crippen LogP contribution in [0.2, 0.25) is 5.02 Å². The molecule has 148 valence electrons. The first-order valence-corrected chi connectivity index (χ1v) is 9.35. The Morgan fingerprint density at radius 2 is 1.80 bits per heavy atom. The molecule has 2 N–H and O–H groups in total. The summed E-state index contributed by atoms with van der Waals surface area (Å²) in [5.74, 6) is 0.136. The number of hydrogen-bond donors (Lipinski definition) is 2. The number of nitrogens with one attached hydrogen (secondary N) is 2. The molecule has 0 aliphatic heterocycles. The van der Waals surface area contributed by atoms with Crippen molar-refractivity contribution in [1.82, 2.24) is 15.3 Å². The second kappa shape index (κ2) is 8.18. The normalized spacial score (nSPS) is 11.4. The molecule has 4 rings (SSSR count). The van der Waals surface area contributed by atoms with Crippen molar-refractivity contribution in [3.63, 3.8) is 0 Å². The van der Waals surface area contributed by atoms with E-state index in [9.17, 15) is 14.9 Å². The number of amides is 1. The summed E-state index contributed by atoms with van der Waals surface area (Å²) in [6.45, 7) is 0. The number of nitro benzene ring substituents is 1. The van der Waals surface area contributed by atoms with Gasteiger partial charge in [0.1, 0.15) is 0 Å². The number of nitro groups is 1. The molecule has 1 aromatic heterocycles. The zero-order chi connectivity index (χ0) is 21.1. The quantitative estimate of drug-likeness (QED) is 0.349. The fourth-order valence-electron chi connectivity index (χ4n) is 2.92. The first-order valence-electron chi connectivity index (χ1n) is 8.98. The first-order chi connectivity index (χ1) is 14.5. The van der Waals surface area contributed by atoms with Crippen molar-refractivity contribution in [3.05, 3.63) is 105 Å². The highest BCUT2D eigenvalue weighted by molar-refractivity contribution is 6.31. The van der Waals surface area contributed by atoms with Crippen molar-refractivity contribution in [3.8, 4) is 0 Å². The number of aromatic nitrogens is 2. The number of carbonyl (C=O) groups is 1. The van der Waals surface area contributed by atoms with E-state index in [1.165, 1.54) is 12.1 Å². The van der Waals surface area contributed by atoms with Gasteiger partial charge in [-0.15, -0.1) is 0 Å². The Morgan fingerprint density at radius 1 is 1.07 bits per heavy atom. The maximum atomic E-state index is 12.7. The average Bonchev–Trinajstić information content (AvgIpc) is 3.17. The molecular formula is C22H15ClN4O3. The molecule has 0 spiro atoms. The highest BCUT2D eigenvalue weighted by atomic mass is 35.5. The van der Waals surface area contributed by atoms with Gasteiger partial charge in [-0.25, -0.2) is 4.98 Å². The lowest BCUT2D eigenvalue weighted by Gasteiger charge is -2.08. The van der Waals surface area contributed by atoms with Crippen molar-refractivity contribution in [2.45, 2.75) is 0 Å². The molecule has 1 heterocycles. The van der Waals surface area contributed by atoms with E-state index < -0.39 is 4.92 Å². The van der Waals surface area contributed by atoms with Gasteiger partial charge < -0.3 is 10.3 Å². The minimum atomic E-state index is -0.464. The van der Waals surface area contributed by atoms with Crippen LogP contribution in [0.4, 0.5) is 5.69 Å². The largest absolute Gasteiger partial charge is 0.337 e. The Bertz CT molecular complexity index is 1260. The lowest BCUT2D eigenvalue weighted by Crippen LogP contribution is -2.22. The van der Waals surface area contributed by atoms with E-state index in [4.69, 9.17) is 11.6 Å². The van der Waals surface area contributed by atoms with Crippen LogP contribution in [-0.2, 0) is 0 Å². The van der Waals surface area contributed by atoms with E-state index in [2.05, 4.69) is 15.3 Å². The molecule has 8 heteroatoms. The van der Waals surface area contributed by atoms with Gasteiger partial charge in [-0.2, -0.15) is 0 Å². The molecular weight excluding hydrogens is 404 g/mol. The van der Waals surface area contributed by atoms with Crippen molar-refractivity contribution in [1.29, 1.82) is 0 Å². The molecule has 30 heavy (non-hydrogen) atoms. The van der Waals surface area contributed by atoms with Gasteiger partial charge in [-0.3, -0.25) is 14.9 Å². The number of non-ortho nitro benzene ring substituents is 1. The number of fused-ring (bicyclic) bond motifs is 1. The highest BCUT2D eigenvalue weighted by Crippen LogP contribution is 2.22. The lowest BCUT2D eigenvalue weighted by molar-refractivity contribution is -0.384. The monoisotopic (exact) mass is 418 g/mol. The topological polar surface area (TPSA) is 101 Å². The molecule has 7 nitrogen and oxygen atoms in total. The van der Waals surface area contributed by atoms with Crippen LogP contribution in [0.5, 0.6) is 0 Å². The third-order valence-corrected chi connectivity index (χ3v) is 4.63. The predicted octanol–water partition coefficient (Wildman–Crippen LogP) is 5.05. The summed E-state index contributed by atoms with van der Waals surface area (Å²) < 4.78 is 0. The van der Waals surface area contributed by atoms with Crippen LogP contribution in [0.1, 0.15) is 21.7 Å². The summed E-state index contributed by atoms with van der Waals surface area (Å²) in [5.41, 5.74) is 2.98. The number of nitrogens with zero attached hydrogens (tertiary/aromatic N) is 2. The van der Waals surface area contributed by atoms with Crippen LogP contribution in [0, 0.1) is 10.1 Å². The molecule has 1 amide bonds. The van der Waals surface area contributed by atoms with Crippen molar-refractivity contribution >= 4 is 46.0 Å². The number of halogens is 1. The molecule has 0 saturated heterocycles. The zero-order valence-corrected chi connectivity index (χ0v) is 16.3. The summed E-state index contributed by atoms with van der Waals surface area (Å²) in [5, 5.41) is 14.3. The maximum Gasteiger partial charge on any atom is 0.269 e. The summed E-state index contributed by atoms with van der Waals surface area (Å²) >= 11 is 6.05. The molecule has 0 aliphatic rings. The number of rotatable bonds is 5. The summed E-state index contributed by atoms with van der Waals surface area (Å²) in [6, 6.07) is 20.1.